The van der Waals surface area contributed by atoms with E-state index in [-0.39, 0.29) is 0 Å². The van der Waals surface area contributed by atoms with Crippen LogP contribution < -0.4 is 16.2 Å². The molecule has 1 aromatic heterocycles. The van der Waals surface area contributed by atoms with Crippen molar-refractivity contribution < 1.29 is 14.4 Å². The molecule has 3 amide bonds. The Morgan fingerprint density at radius 1 is 1.04 bits per heavy atom. The van der Waals surface area contributed by atoms with Crippen LogP contribution in [0.1, 0.15) is 27.0 Å². The average Bonchev–Trinajstić information content (AvgIpc) is 2.99. The smallest absolute Gasteiger partial charge is 0.279 e. The molecule has 0 saturated heterocycles. The lowest BCUT2D eigenvalue weighted by molar-refractivity contribution is -0.123. The van der Waals surface area contributed by atoms with E-state index < -0.39 is 23.8 Å². The third-order valence-corrected chi connectivity index (χ3v) is 4.82. The Kier molecular flexibility index (Phi) is 6.36. The molecule has 0 bridgehead atoms. The Bertz CT molecular complexity index is 764. The van der Waals surface area contributed by atoms with Gasteiger partial charge in [0.1, 0.15) is 6.04 Å². The van der Waals surface area contributed by atoms with E-state index in [2.05, 4.69) is 32.1 Å². The first-order valence-corrected chi connectivity index (χ1v) is 8.77. The van der Waals surface area contributed by atoms with E-state index in [4.69, 9.17) is 11.6 Å². The van der Waals surface area contributed by atoms with E-state index in [0.29, 0.717) is 15.5 Å². The van der Waals surface area contributed by atoms with Crippen LogP contribution in [0.25, 0.3) is 0 Å². The van der Waals surface area contributed by atoms with E-state index in [1.807, 2.05) is 0 Å². The number of halogens is 2. The third kappa shape index (κ3) is 5.05. The molecule has 3 N–H and O–H groups in total. The summed E-state index contributed by atoms with van der Waals surface area (Å²) in [5.74, 6) is -1.39. The van der Waals surface area contributed by atoms with Crippen molar-refractivity contribution in [3.05, 3.63) is 55.6 Å². The second-order valence-electron chi connectivity index (χ2n) is 4.75. The Labute approximate surface area is 155 Å². The number of amides is 3. The topological polar surface area (TPSA) is 87.3 Å². The molecule has 0 aliphatic carbocycles. The molecule has 0 aliphatic heterocycles. The van der Waals surface area contributed by atoms with E-state index >= 15 is 0 Å². The molecule has 6 nitrogen and oxygen atoms in total. The van der Waals surface area contributed by atoms with Crippen molar-refractivity contribution in [1.29, 1.82) is 0 Å². The second-order valence-corrected chi connectivity index (χ2v) is 7.65. The molecule has 0 saturated carbocycles. The summed E-state index contributed by atoms with van der Waals surface area (Å²) < 4.78 is 0.808. The van der Waals surface area contributed by atoms with Crippen molar-refractivity contribution in [3.63, 3.8) is 0 Å². The van der Waals surface area contributed by atoms with Crippen molar-refractivity contribution in [1.82, 2.24) is 16.2 Å². The largest absolute Gasteiger partial charge is 0.340 e. The molecule has 9 heteroatoms. The van der Waals surface area contributed by atoms with E-state index in [1.165, 1.54) is 18.3 Å². The minimum atomic E-state index is -0.830. The lowest BCUT2D eigenvalue weighted by atomic mass is 10.2. The number of hydrogen-bond donors (Lipinski definition) is 3. The Hall–Kier alpha value is -1.90. The van der Waals surface area contributed by atoms with Gasteiger partial charge >= 0.3 is 0 Å². The lowest BCUT2D eigenvalue weighted by Gasteiger charge is -2.14. The Balaban J connectivity index is 1.84. The maximum Gasteiger partial charge on any atom is 0.279 e. The highest BCUT2D eigenvalue weighted by Gasteiger charge is 2.17. The van der Waals surface area contributed by atoms with Gasteiger partial charge in [-0.15, -0.1) is 11.3 Å². The number of rotatable bonds is 4. The fourth-order valence-corrected chi connectivity index (χ4v) is 3.08. The maximum absolute atomic E-state index is 12.0. The van der Waals surface area contributed by atoms with Crippen LogP contribution in [0.5, 0.6) is 0 Å². The van der Waals surface area contributed by atoms with Crippen LogP contribution in [0.2, 0.25) is 5.02 Å². The fourth-order valence-electron chi connectivity index (χ4n) is 1.67. The summed E-state index contributed by atoms with van der Waals surface area (Å²) in [5, 5.41) is 3.05. The highest BCUT2D eigenvalue weighted by molar-refractivity contribution is 9.11. The number of hydrazine groups is 1. The normalized spacial score (nSPS) is 11.5. The molecule has 1 aromatic carbocycles. The van der Waals surface area contributed by atoms with Crippen molar-refractivity contribution >= 4 is 56.6 Å². The van der Waals surface area contributed by atoms with Gasteiger partial charge in [0.15, 0.2) is 0 Å². The monoisotopic (exact) mass is 429 g/mol. The van der Waals surface area contributed by atoms with Crippen LogP contribution in [-0.2, 0) is 4.79 Å². The molecule has 0 spiro atoms. The predicted molar refractivity (Wildman–Crippen MR) is 96.0 cm³/mol. The Morgan fingerprint density at radius 2 is 1.71 bits per heavy atom. The molecule has 1 unspecified atom stereocenters. The first kappa shape index (κ1) is 18.4. The van der Waals surface area contributed by atoms with Crippen LogP contribution in [-0.4, -0.2) is 23.8 Å². The van der Waals surface area contributed by atoms with Crippen LogP contribution in [0.3, 0.4) is 0 Å². The molecule has 24 heavy (non-hydrogen) atoms. The molecule has 0 aliphatic rings. The third-order valence-electron chi connectivity index (χ3n) is 2.94. The zero-order chi connectivity index (χ0) is 17.7. The first-order chi connectivity index (χ1) is 11.4. The van der Waals surface area contributed by atoms with Crippen LogP contribution in [0, 0.1) is 0 Å². The second kappa shape index (κ2) is 8.27. The number of carbonyl (C=O) groups excluding carboxylic acids is 3. The minimum absolute atomic E-state index is 0.381. The van der Waals surface area contributed by atoms with Gasteiger partial charge in [0, 0.05) is 10.6 Å². The van der Waals surface area contributed by atoms with Gasteiger partial charge in [-0.05, 0) is 59.3 Å². The van der Waals surface area contributed by atoms with Gasteiger partial charge in [0.05, 0.1) is 8.66 Å². The van der Waals surface area contributed by atoms with Crippen molar-refractivity contribution in [2.75, 3.05) is 0 Å². The summed E-state index contributed by atoms with van der Waals surface area (Å²) in [5.41, 5.74) is 4.95. The maximum atomic E-state index is 12.0. The number of thiophene rings is 1. The van der Waals surface area contributed by atoms with Gasteiger partial charge in [-0.3, -0.25) is 25.2 Å². The van der Waals surface area contributed by atoms with Gasteiger partial charge in [-0.25, -0.2) is 0 Å². The number of hydrogen-bond acceptors (Lipinski definition) is 4. The molecule has 0 radical (unpaired) electrons. The number of carbonyl (C=O) groups is 3. The summed E-state index contributed by atoms with van der Waals surface area (Å²) >= 11 is 10.2. The predicted octanol–water partition coefficient (Wildman–Crippen LogP) is 2.74. The zero-order valence-electron chi connectivity index (χ0n) is 12.4. The highest BCUT2D eigenvalue weighted by atomic mass is 79.9. The van der Waals surface area contributed by atoms with E-state index in [9.17, 15) is 14.4 Å². The average molecular weight is 431 g/mol. The SMILES string of the molecule is CC(NC(=O)c1ccc(Cl)cc1)C(=O)NNC(=O)c1ccc(Br)s1. The molecule has 2 rings (SSSR count). The summed E-state index contributed by atoms with van der Waals surface area (Å²) in [7, 11) is 0. The van der Waals surface area contributed by atoms with Crippen molar-refractivity contribution in [2.45, 2.75) is 13.0 Å². The quantitative estimate of drug-likeness (QED) is 0.652. The van der Waals surface area contributed by atoms with Crippen LogP contribution in [0.4, 0.5) is 0 Å². The number of benzene rings is 1. The molecule has 0 fully saturated rings. The van der Waals surface area contributed by atoms with Crippen molar-refractivity contribution in [2.24, 2.45) is 0 Å². The first-order valence-electron chi connectivity index (χ1n) is 6.79. The highest BCUT2D eigenvalue weighted by Crippen LogP contribution is 2.21. The lowest BCUT2D eigenvalue weighted by Crippen LogP contribution is -2.51. The standard InChI is InChI=1S/C15H13BrClN3O3S/c1-8(18-14(22)9-2-4-10(17)5-3-9)13(21)19-20-15(23)11-6-7-12(16)24-11/h2-8H,1H3,(H,18,22)(H,19,21)(H,20,23). The van der Waals surface area contributed by atoms with Gasteiger partial charge in [-0.2, -0.15) is 0 Å². The minimum Gasteiger partial charge on any atom is -0.340 e. The van der Waals surface area contributed by atoms with E-state index in [1.54, 1.807) is 36.4 Å². The van der Waals surface area contributed by atoms with E-state index in [0.717, 1.165) is 3.79 Å². The summed E-state index contributed by atoms with van der Waals surface area (Å²) in [6.07, 6.45) is 0. The summed E-state index contributed by atoms with van der Waals surface area (Å²) in [4.78, 5) is 36.2. The molecule has 1 atom stereocenters. The van der Waals surface area contributed by atoms with Crippen LogP contribution in [0.15, 0.2) is 40.2 Å². The van der Waals surface area contributed by atoms with Gasteiger partial charge < -0.3 is 5.32 Å². The van der Waals surface area contributed by atoms with Crippen molar-refractivity contribution in [3.8, 4) is 0 Å². The van der Waals surface area contributed by atoms with Gasteiger partial charge in [0.2, 0.25) is 0 Å². The molecule has 126 valence electrons. The molecule has 2 aromatic rings. The molecular weight excluding hydrogens is 418 g/mol. The summed E-state index contributed by atoms with van der Waals surface area (Å²) in [6.45, 7) is 1.51. The fraction of sp³-hybridized carbons (Fsp3) is 0.133. The molecule has 1 heterocycles. The number of nitrogens with one attached hydrogen (secondary N) is 3. The van der Waals surface area contributed by atoms with Gasteiger partial charge in [-0.1, -0.05) is 11.6 Å². The zero-order valence-corrected chi connectivity index (χ0v) is 15.6. The van der Waals surface area contributed by atoms with Crippen LogP contribution >= 0.6 is 38.9 Å². The molecular formula is C15H13BrClN3O3S. The Morgan fingerprint density at radius 3 is 2.29 bits per heavy atom. The van der Waals surface area contributed by atoms with Gasteiger partial charge in [0.25, 0.3) is 17.7 Å². The summed E-state index contributed by atoms with van der Waals surface area (Å²) in [6, 6.07) is 8.81.